The number of carboxylic acids is 1. The van der Waals surface area contributed by atoms with Crippen molar-refractivity contribution in [2.45, 2.75) is 77.5 Å². The normalized spacial score (nSPS) is 22.1. The van der Waals surface area contributed by atoms with Crippen LogP contribution in [0.4, 0.5) is 5.69 Å². The van der Waals surface area contributed by atoms with Gasteiger partial charge in [-0.1, -0.05) is 18.2 Å². The van der Waals surface area contributed by atoms with E-state index in [-0.39, 0.29) is 44.3 Å². The van der Waals surface area contributed by atoms with Crippen molar-refractivity contribution < 1.29 is 60.7 Å². The van der Waals surface area contributed by atoms with E-state index in [4.69, 9.17) is 24.4 Å². The number of benzene rings is 1. The molecule has 1 heterocycles. The molecule has 220 valence electrons. The van der Waals surface area contributed by atoms with Crippen LogP contribution >= 0.6 is 0 Å². The summed E-state index contributed by atoms with van der Waals surface area (Å²) in [5.74, 6) is -1.24. The summed E-state index contributed by atoms with van der Waals surface area (Å²) in [6.07, 6.45) is 2.29. The molecule has 0 aliphatic carbocycles. The second kappa shape index (κ2) is 19.0. The van der Waals surface area contributed by atoms with Crippen LogP contribution in [0.2, 0.25) is 0 Å². The molecule has 1 aromatic rings. The van der Waals surface area contributed by atoms with Gasteiger partial charge in [0.2, 0.25) is 0 Å². The van der Waals surface area contributed by atoms with Gasteiger partial charge in [0.15, 0.2) is 0 Å². The van der Waals surface area contributed by atoms with E-state index in [1.807, 2.05) is 0 Å². The van der Waals surface area contributed by atoms with Crippen LogP contribution in [0.15, 0.2) is 24.3 Å². The predicted octanol–water partition coefficient (Wildman–Crippen LogP) is -4.48. The Labute approximate surface area is 232 Å². The first-order valence-corrected chi connectivity index (χ1v) is 12.8. The number of nitrogens with one attached hydrogen (secondary N) is 4. The number of anilines is 1. The third kappa shape index (κ3) is 23.7. The molecule has 1 aliphatic rings. The minimum absolute atomic E-state index is 0. The van der Waals surface area contributed by atoms with Crippen LogP contribution in [0.3, 0.4) is 0 Å². The van der Waals surface area contributed by atoms with Crippen molar-refractivity contribution in [1.82, 2.24) is 21.3 Å². The van der Waals surface area contributed by atoms with Gasteiger partial charge >= 0.3 is 16.5 Å². The average molecular weight is 597 g/mol. The van der Waals surface area contributed by atoms with Crippen LogP contribution < -0.4 is 50.7 Å². The zero-order valence-electron chi connectivity index (χ0n) is 22.4. The number of nitrogens with two attached hydrogens (primary N) is 1. The molecule has 1 fully saturated rings. The molecule has 1 aromatic carbocycles. The molecule has 0 saturated carbocycles. The molecule has 12 nitrogen and oxygen atoms in total. The van der Waals surface area contributed by atoms with Gasteiger partial charge in [0.25, 0.3) is 0 Å². The van der Waals surface area contributed by atoms with E-state index < -0.39 is 16.2 Å². The first-order valence-electron chi connectivity index (χ1n) is 11.6. The summed E-state index contributed by atoms with van der Waals surface area (Å²) < 4.78 is 34.0. The van der Waals surface area contributed by atoms with Crippen molar-refractivity contribution in [3.05, 3.63) is 29.8 Å². The van der Waals surface area contributed by atoms with Gasteiger partial charge in [-0.15, -0.1) is 10.2 Å². The van der Waals surface area contributed by atoms with Gasteiger partial charge in [-0.25, -0.2) is 18.6 Å². The Morgan fingerprint density at radius 3 is 1.51 bits per heavy atom. The number of halogens is 1. The largest absolute Gasteiger partial charge is 2.00 e. The smallest absolute Gasteiger partial charge is 0.545 e. The maximum Gasteiger partial charge on any atom is 2.00 e. The molecule has 0 radical (unpaired) electrons. The summed E-state index contributed by atoms with van der Waals surface area (Å²) >= 11 is 0. The molecule has 8 N–H and O–H groups in total. The molecule has 37 heavy (non-hydrogen) atoms. The number of aromatic carboxylic acids is 1. The van der Waals surface area contributed by atoms with Crippen molar-refractivity contribution >= 4 is 11.7 Å². The number of carbonyl (C=O) groups excluding carboxylic acids is 1. The summed E-state index contributed by atoms with van der Waals surface area (Å²) in [6, 6.07) is 7.27. The molecule has 1 saturated heterocycles. The van der Waals surface area contributed by atoms with Crippen LogP contribution in [0.1, 0.15) is 64.7 Å². The first-order chi connectivity index (χ1) is 15.9. The van der Waals surface area contributed by atoms with E-state index in [9.17, 15) is 9.90 Å². The molecule has 1 aliphatic heterocycles. The van der Waals surface area contributed by atoms with Gasteiger partial charge in [-0.2, -0.15) is 0 Å². The Kier molecular flexibility index (Phi) is 20.8. The number of carboxylic acid groups (broad SMARTS) is 1. The fraction of sp³-hybridized carbons (Fsp3) is 0.696. The molecular formula is C23H44ClN5NiO7. The third-order valence-corrected chi connectivity index (χ3v) is 5.26. The molecule has 2 rings (SSSR count). The number of nitrogen functional groups attached to an aromatic ring is 1. The Morgan fingerprint density at radius 2 is 1.22 bits per heavy atom. The summed E-state index contributed by atoms with van der Waals surface area (Å²) in [7, 11) is -4.94. The van der Waals surface area contributed by atoms with E-state index in [1.165, 1.54) is 12.1 Å². The zero-order valence-corrected chi connectivity index (χ0v) is 24.2. The van der Waals surface area contributed by atoms with Gasteiger partial charge < -0.3 is 42.4 Å². The second-order valence-corrected chi connectivity index (χ2v) is 10.7. The topological polar surface area (TPSA) is 238 Å². The minimum Gasteiger partial charge on any atom is -0.545 e. The Balaban J connectivity index is -0.000000568. The third-order valence-electron chi connectivity index (χ3n) is 5.26. The van der Waals surface area contributed by atoms with E-state index in [0.29, 0.717) is 12.1 Å². The Hall–Kier alpha value is -1.09. The van der Waals surface area contributed by atoms with Gasteiger partial charge in [0.05, 0.1) is 5.97 Å². The van der Waals surface area contributed by atoms with E-state index in [2.05, 4.69) is 62.8 Å². The van der Waals surface area contributed by atoms with Crippen LogP contribution in [-0.4, -0.2) is 60.8 Å². The maximum absolute atomic E-state index is 10.2. The zero-order chi connectivity index (χ0) is 27.3. The molecule has 0 amide bonds. The van der Waals surface area contributed by atoms with Gasteiger partial charge in [0, 0.05) is 60.6 Å². The van der Waals surface area contributed by atoms with E-state index >= 15 is 0 Å². The van der Waals surface area contributed by atoms with Crippen molar-refractivity contribution in [2.24, 2.45) is 0 Å². The Morgan fingerprint density at radius 1 is 0.865 bits per heavy atom. The number of hydrogen-bond acceptors (Lipinski definition) is 11. The molecular weight excluding hydrogens is 552 g/mol. The summed E-state index contributed by atoms with van der Waals surface area (Å²) in [5.41, 5.74) is 5.96. The molecule has 0 aromatic heterocycles. The van der Waals surface area contributed by atoms with Crippen molar-refractivity contribution in [2.75, 3.05) is 31.9 Å². The molecule has 0 unspecified atom stereocenters. The monoisotopic (exact) mass is 595 g/mol. The summed E-state index contributed by atoms with van der Waals surface area (Å²) in [6.45, 7) is 17.8. The minimum atomic E-state index is -4.94. The SMILES string of the molecule is C[C@H]1CC(C)(C)NCCN[C@@H](C)CC(C)(C)NCCN1.Nc1ccccc1C(=O)[O-].O.[Ni+2].[O-][Cl+3]([O-])([O-])[O-]. The fourth-order valence-electron chi connectivity index (χ4n) is 3.94. The predicted molar refractivity (Wildman–Crippen MR) is 127 cm³/mol. The van der Waals surface area contributed by atoms with Gasteiger partial charge in [0.1, 0.15) is 0 Å². The van der Waals surface area contributed by atoms with Crippen molar-refractivity contribution in [1.29, 1.82) is 0 Å². The molecule has 0 spiro atoms. The van der Waals surface area contributed by atoms with E-state index in [1.54, 1.807) is 12.1 Å². The fourth-order valence-corrected chi connectivity index (χ4v) is 3.94. The second-order valence-electron chi connectivity index (χ2n) is 9.99. The molecule has 14 heteroatoms. The van der Waals surface area contributed by atoms with Crippen LogP contribution in [0.5, 0.6) is 0 Å². The standard InChI is InChI=1S/C16H36N4.C7H7NO2.ClHO4.Ni.H2O/c1-13-11-15(3,4)19-10-8-18-14(2)12-16(5,6)20-9-7-17-13;8-6-4-2-1-3-5(6)7(9)10;2-1(3,4)5;;/h13-14,17-20H,7-12H2,1-6H3;1-4H,8H2,(H,9,10);(H,2,3,4,5);;1H2/q;;;+2;/p-2/t13-,14-;;;;/m0..../s1. The van der Waals surface area contributed by atoms with Crippen LogP contribution in [0.25, 0.3) is 0 Å². The number of para-hydroxylation sites is 1. The maximum atomic E-state index is 10.2. The number of hydrogen-bond donors (Lipinski definition) is 5. The molecule has 0 bridgehead atoms. The van der Waals surface area contributed by atoms with Gasteiger partial charge in [-0.3, -0.25) is 0 Å². The number of rotatable bonds is 1. The van der Waals surface area contributed by atoms with Crippen LogP contribution in [-0.2, 0) is 16.5 Å². The number of carbonyl (C=O) groups is 1. The quantitative estimate of drug-likeness (QED) is 0.153. The summed E-state index contributed by atoms with van der Waals surface area (Å²) in [4.78, 5) is 10.2. The Bertz CT molecular complexity index is 720. The molecule has 2 atom stereocenters. The van der Waals surface area contributed by atoms with Crippen LogP contribution in [0, 0.1) is 10.2 Å². The summed E-state index contributed by atoms with van der Waals surface area (Å²) in [5, 5.41) is 24.8. The van der Waals surface area contributed by atoms with Gasteiger partial charge in [-0.05, 0) is 60.5 Å². The van der Waals surface area contributed by atoms with Crippen molar-refractivity contribution in [3.8, 4) is 0 Å². The van der Waals surface area contributed by atoms with E-state index in [0.717, 1.165) is 39.0 Å². The average Bonchev–Trinajstić information content (AvgIpc) is 2.67. The first kappa shape index (κ1) is 40.4. The van der Waals surface area contributed by atoms with Crippen molar-refractivity contribution in [3.63, 3.8) is 0 Å².